The minimum atomic E-state index is -2.73. The first-order valence-corrected chi connectivity index (χ1v) is 3.38. The normalized spacial score (nSPS) is 24.7. The molecule has 0 aromatic carbocycles. The monoisotopic (exact) mass is 240 g/mol. The molecule has 0 aliphatic heterocycles. The van der Waals surface area contributed by atoms with Crippen LogP contribution in [0.15, 0.2) is 11.6 Å². The van der Waals surface area contributed by atoms with E-state index in [1.54, 1.807) is 0 Å². The van der Waals surface area contributed by atoms with Crippen molar-refractivity contribution in [1.82, 2.24) is 0 Å². The van der Waals surface area contributed by atoms with Gasteiger partial charge in [-0.3, -0.25) is 0 Å². The predicted octanol–water partition coefficient (Wildman–Crippen LogP) is 2.20. The lowest BCUT2D eigenvalue weighted by molar-refractivity contribution is 0.172. The summed E-state index contributed by atoms with van der Waals surface area (Å²) in [5, 5.41) is 0. The van der Waals surface area contributed by atoms with E-state index in [0.29, 0.717) is 0 Å². The fourth-order valence-corrected chi connectivity index (χ4v) is 1.06. The van der Waals surface area contributed by atoms with Gasteiger partial charge >= 0.3 is 3.93 Å². The smallest absolute Gasteiger partial charge is 0.190 e. The Hall–Kier alpha value is -0.110. The van der Waals surface area contributed by atoms with Gasteiger partial charge < -0.3 is 0 Å². The largest absolute Gasteiger partial charge is 0.319 e. The molecule has 0 saturated carbocycles. The molecule has 1 aliphatic rings. The van der Waals surface area contributed by atoms with Gasteiger partial charge in [0.1, 0.15) is 0 Å². The van der Waals surface area contributed by atoms with Gasteiger partial charge in [-0.15, -0.1) is 6.42 Å². The van der Waals surface area contributed by atoms with E-state index in [9.17, 15) is 8.78 Å². The van der Waals surface area contributed by atoms with Crippen molar-refractivity contribution in [2.24, 2.45) is 5.92 Å². The molecule has 1 rings (SSSR count). The van der Waals surface area contributed by atoms with Crippen molar-refractivity contribution >= 4 is 22.6 Å². The highest BCUT2D eigenvalue weighted by Gasteiger charge is 2.42. The average Bonchev–Trinajstić information content (AvgIpc) is 2.39. The van der Waals surface area contributed by atoms with E-state index >= 15 is 0 Å². The second-order valence-electron chi connectivity index (χ2n) is 1.76. The lowest BCUT2D eigenvalue weighted by Gasteiger charge is -2.01. The van der Waals surface area contributed by atoms with Gasteiger partial charge in [0.25, 0.3) is 0 Å². The second kappa shape index (κ2) is 1.94. The van der Waals surface area contributed by atoms with Crippen LogP contribution in [0.5, 0.6) is 0 Å². The maximum absolute atomic E-state index is 12.2. The molecule has 0 fully saturated rings. The van der Waals surface area contributed by atoms with Crippen LogP contribution < -0.4 is 0 Å². The van der Waals surface area contributed by atoms with Crippen LogP contribution in [0, 0.1) is 18.3 Å². The van der Waals surface area contributed by atoms with Crippen LogP contribution in [0.4, 0.5) is 8.78 Å². The summed E-state index contributed by atoms with van der Waals surface area (Å²) in [6.07, 6.45) is 6.28. The summed E-state index contributed by atoms with van der Waals surface area (Å²) < 4.78 is 21.6. The number of hydrogen-bond donors (Lipinski definition) is 0. The highest BCUT2D eigenvalue weighted by Crippen LogP contribution is 2.45. The first-order valence-electron chi connectivity index (χ1n) is 2.30. The molecule has 0 aromatic heterocycles. The lowest BCUT2D eigenvalue weighted by Crippen LogP contribution is -2.03. The molecule has 1 atom stereocenters. The van der Waals surface area contributed by atoms with Crippen molar-refractivity contribution in [2.75, 3.05) is 0 Å². The molecule has 1 aliphatic carbocycles. The molecule has 0 saturated heterocycles. The van der Waals surface area contributed by atoms with E-state index in [1.165, 1.54) is 6.08 Å². The third kappa shape index (κ3) is 1.42. The molecule has 48 valence electrons. The standard InChI is InChI=1S/C6H3F2I/c1-2-4-3-5(4)6(7,8)9/h1,3-4H/t4-/m1/s1. The molecule has 9 heavy (non-hydrogen) atoms. The van der Waals surface area contributed by atoms with E-state index < -0.39 is 3.93 Å². The topological polar surface area (TPSA) is 0 Å². The SMILES string of the molecule is C#C[C@@H]1C=C1C(F)(F)I. The van der Waals surface area contributed by atoms with Gasteiger partial charge in [-0.1, -0.05) is 12.0 Å². The Balaban J connectivity index is 2.54. The third-order valence-electron chi connectivity index (χ3n) is 1.08. The second-order valence-corrected chi connectivity index (χ2v) is 3.12. The summed E-state index contributed by atoms with van der Waals surface area (Å²) in [5.74, 6) is 1.84. The predicted molar refractivity (Wildman–Crippen MR) is 39.4 cm³/mol. The number of alkyl halides is 3. The lowest BCUT2D eigenvalue weighted by atomic mass is 10.3. The Morgan fingerprint density at radius 3 is 2.44 bits per heavy atom. The molecule has 0 aromatic rings. The molecule has 0 heterocycles. The van der Waals surface area contributed by atoms with Crippen LogP contribution in [-0.4, -0.2) is 3.93 Å². The molecular formula is C6H3F2I. The zero-order valence-electron chi connectivity index (χ0n) is 4.37. The van der Waals surface area contributed by atoms with Crippen LogP contribution in [0.1, 0.15) is 0 Å². The molecule has 0 spiro atoms. The summed E-state index contributed by atoms with van der Waals surface area (Å²) in [6.45, 7) is 0. The molecule has 0 unspecified atom stereocenters. The van der Waals surface area contributed by atoms with Gasteiger partial charge in [-0.05, 0) is 0 Å². The van der Waals surface area contributed by atoms with E-state index in [-0.39, 0.29) is 11.5 Å². The molecule has 0 bridgehead atoms. The molecular weight excluding hydrogens is 237 g/mol. The first kappa shape index (κ1) is 7.00. The number of halogens is 3. The Kier molecular flexibility index (Phi) is 1.51. The Morgan fingerprint density at radius 1 is 1.78 bits per heavy atom. The van der Waals surface area contributed by atoms with Crippen molar-refractivity contribution in [1.29, 1.82) is 0 Å². The van der Waals surface area contributed by atoms with Crippen molar-refractivity contribution in [3.05, 3.63) is 11.6 Å². The van der Waals surface area contributed by atoms with Gasteiger partial charge in [0.05, 0.1) is 5.92 Å². The van der Waals surface area contributed by atoms with Gasteiger partial charge in [-0.25, -0.2) is 0 Å². The van der Waals surface area contributed by atoms with Gasteiger partial charge in [0, 0.05) is 28.2 Å². The number of terminal acetylenes is 1. The van der Waals surface area contributed by atoms with Gasteiger partial charge in [0.15, 0.2) is 0 Å². The van der Waals surface area contributed by atoms with Gasteiger partial charge in [-0.2, -0.15) is 8.78 Å². The van der Waals surface area contributed by atoms with E-state index in [2.05, 4.69) is 5.92 Å². The molecule has 3 heteroatoms. The maximum atomic E-state index is 12.2. The Labute approximate surface area is 65.5 Å². The van der Waals surface area contributed by atoms with Crippen molar-refractivity contribution in [3.8, 4) is 12.3 Å². The van der Waals surface area contributed by atoms with Crippen LogP contribution >= 0.6 is 22.6 Å². The Morgan fingerprint density at radius 2 is 2.33 bits per heavy atom. The highest BCUT2D eigenvalue weighted by molar-refractivity contribution is 14.1. The summed E-state index contributed by atoms with van der Waals surface area (Å²) in [7, 11) is 0. The zero-order chi connectivity index (χ0) is 7.07. The van der Waals surface area contributed by atoms with Gasteiger partial charge in [0.2, 0.25) is 0 Å². The summed E-state index contributed by atoms with van der Waals surface area (Å²) >= 11 is 1.07. The van der Waals surface area contributed by atoms with Crippen LogP contribution in [0.25, 0.3) is 0 Å². The van der Waals surface area contributed by atoms with E-state index in [0.717, 1.165) is 22.6 Å². The van der Waals surface area contributed by atoms with Crippen molar-refractivity contribution in [2.45, 2.75) is 3.93 Å². The third-order valence-corrected chi connectivity index (χ3v) is 1.70. The number of hydrogen-bond acceptors (Lipinski definition) is 0. The zero-order valence-corrected chi connectivity index (χ0v) is 6.52. The van der Waals surface area contributed by atoms with Crippen LogP contribution in [0.3, 0.4) is 0 Å². The summed E-state index contributed by atoms with van der Waals surface area (Å²) in [5.41, 5.74) is 0.0746. The molecule has 0 amide bonds. The minimum absolute atomic E-state index is 0.0746. The number of allylic oxidation sites excluding steroid dienone is 2. The van der Waals surface area contributed by atoms with Crippen molar-refractivity contribution < 1.29 is 8.78 Å². The quantitative estimate of drug-likeness (QED) is 0.285. The van der Waals surface area contributed by atoms with Crippen molar-refractivity contribution in [3.63, 3.8) is 0 Å². The fraction of sp³-hybridized carbons (Fsp3) is 0.333. The molecule has 0 radical (unpaired) electrons. The van der Waals surface area contributed by atoms with E-state index in [4.69, 9.17) is 6.42 Å². The summed E-state index contributed by atoms with van der Waals surface area (Å²) in [4.78, 5) is 0. The van der Waals surface area contributed by atoms with Crippen LogP contribution in [-0.2, 0) is 0 Å². The highest BCUT2D eigenvalue weighted by atomic mass is 127. The fourth-order valence-electron chi connectivity index (χ4n) is 0.540. The molecule has 0 nitrogen and oxygen atoms in total. The Bertz CT molecular complexity index is 194. The molecule has 0 N–H and O–H groups in total. The summed E-state index contributed by atoms with van der Waals surface area (Å²) in [6, 6.07) is 0. The minimum Gasteiger partial charge on any atom is -0.190 e. The average molecular weight is 240 g/mol. The number of rotatable bonds is 1. The van der Waals surface area contributed by atoms with Crippen LogP contribution in [0.2, 0.25) is 0 Å². The van der Waals surface area contributed by atoms with E-state index in [1.807, 2.05) is 0 Å². The first-order chi connectivity index (χ1) is 4.05. The maximum Gasteiger partial charge on any atom is 0.319 e.